The van der Waals surface area contributed by atoms with Crippen LogP contribution in [0.5, 0.6) is 0 Å². The van der Waals surface area contributed by atoms with Crippen LogP contribution in [-0.2, 0) is 11.3 Å². The second-order valence-electron chi connectivity index (χ2n) is 6.39. The molecule has 5 heteroatoms. The SMILES string of the molecule is C[C@H](N)c1ccc(N2CCN(C(=O)OCc3ccccc3)CC2)cc1. The molecule has 2 N–H and O–H groups in total. The molecule has 0 saturated carbocycles. The minimum atomic E-state index is -0.240. The highest BCUT2D eigenvalue weighted by Gasteiger charge is 2.22. The number of rotatable bonds is 4. The molecule has 1 heterocycles. The first-order chi connectivity index (χ1) is 12.1. The lowest BCUT2D eigenvalue weighted by molar-refractivity contribution is 0.0942. The number of hydrogen-bond acceptors (Lipinski definition) is 4. The molecule has 1 aliphatic rings. The molecule has 1 aliphatic heterocycles. The minimum absolute atomic E-state index is 0.0466. The van der Waals surface area contributed by atoms with E-state index in [1.54, 1.807) is 4.90 Å². The molecule has 0 unspecified atom stereocenters. The lowest BCUT2D eigenvalue weighted by Gasteiger charge is -2.35. The van der Waals surface area contributed by atoms with E-state index >= 15 is 0 Å². The third kappa shape index (κ3) is 4.51. The summed E-state index contributed by atoms with van der Waals surface area (Å²) in [7, 11) is 0. The van der Waals surface area contributed by atoms with E-state index in [1.807, 2.05) is 37.3 Å². The van der Waals surface area contributed by atoms with Gasteiger partial charge < -0.3 is 20.3 Å². The van der Waals surface area contributed by atoms with Crippen molar-refractivity contribution in [1.29, 1.82) is 0 Å². The Labute approximate surface area is 149 Å². The van der Waals surface area contributed by atoms with E-state index in [2.05, 4.69) is 29.2 Å². The van der Waals surface area contributed by atoms with Crippen molar-refractivity contribution in [2.45, 2.75) is 19.6 Å². The molecule has 132 valence electrons. The normalized spacial score (nSPS) is 15.8. The topological polar surface area (TPSA) is 58.8 Å². The van der Waals surface area contributed by atoms with Crippen LogP contribution in [0.15, 0.2) is 54.6 Å². The van der Waals surface area contributed by atoms with Gasteiger partial charge in [0, 0.05) is 37.9 Å². The molecule has 0 radical (unpaired) electrons. The fraction of sp³-hybridized carbons (Fsp3) is 0.350. The first kappa shape index (κ1) is 17.3. The number of anilines is 1. The van der Waals surface area contributed by atoms with Crippen molar-refractivity contribution in [2.24, 2.45) is 5.73 Å². The molecule has 3 rings (SSSR count). The molecule has 25 heavy (non-hydrogen) atoms. The number of carbonyl (C=O) groups is 1. The molecule has 0 bridgehead atoms. The van der Waals surface area contributed by atoms with Gasteiger partial charge in [0.2, 0.25) is 0 Å². The molecule has 0 aliphatic carbocycles. The van der Waals surface area contributed by atoms with Gasteiger partial charge in [-0.2, -0.15) is 0 Å². The Morgan fingerprint density at radius 1 is 1.04 bits per heavy atom. The van der Waals surface area contributed by atoms with Crippen LogP contribution in [0.1, 0.15) is 24.1 Å². The van der Waals surface area contributed by atoms with E-state index in [0.717, 1.165) is 24.2 Å². The Hall–Kier alpha value is -2.53. The number of hydrogen-bond donors (Lipinski definition) is 1. The fourth-order valence-electron chi connectivity index (χ4n) is 2.95. The summed E-state index contributed by atoms with van der Waals surface area (Å²) in [5.74, 6) is 0. The first-order valence-corrected chi connectivity index (χ1v) is 8.69. The van der Waals surface area contributed by atoms with Gasteiger partial charge in [0.25, 0.3) is 0 Å². The summed E-state index contributed by atoms with van der Waals surface area (Å²) < 4.78 is 5.41. The largest absolute Gasteiger partial charge is 0.445 e. The summed E-state index contributed by atoms with van der Waals surface area (Å²) in [6.07, 6.45) is -0.240. The maximum atomic E-state index is 12.2. The highest BCUT2D eigenvalue weighted by Crippen LogP contribution is 2.20. The van der Waals surface area contributed by atoms with Gasteiger partial charge in [-0.05, 0) is 30.2 Å². The Bertz CT molecular complexity index is 678. The van der Waals surface area contributed by atoms with Gasteiger partial charge in [0.05, 0.1) is 0 Å². The number of benzene rings is 2. The van der Waals surface area contributed by atoms with Crippen LogP contribution in [0.25, 0.3) is 0 Å². The number of ether oxygens (including phenoxy) is 1. The number of piperazine rings is 1. The summed E-state index contributed by atoms with van der Waals surface area (Å²) in [6, 6.07) is 18.1. The third-order valence-corrected chi connectivity index (χ3v) is 4.53. The highest BCUT2D eigenvalue weighted by atomic mass is 16.6. The predicted molar refractivity (Wildman–Crippen MR) is 99.5 cm³/mol. The smallest absolute Gasteiger partial charge is 0.410 e. The van der Waals surface area contributed by atoms with Gasteiger partial charge in [-0.25, -0.2) is 4.79 Å². The van der Waals surface area contributed by atoms with Crippen molar-refractivity contribution in [3.63, 3.8) is 0 Å². The van der Waals surface area contributed by atoms with Gasteiger partial charge in [0.15, 0.2) is 0 Å². The molecule has 2 aromatic rings. The Balaban J connectivity index is 1.48. The molecular weight excluding hydrogens is 314 g/mol. The molecule has 1 atom stereocenters. The van der Waals surface area contributed by atoms with Gasteiger partial charge in [-0.3, -0.25) is 0 Å². The van der Waals surface area contributed by atoms with Crippen molar-refractivity contribution in [3.8, 4) is 0 Å². The maximum Gasteiger partial charge on any atom is 0.410 e. The van der Waals surface area contributed by atoms with Crippen LogP contribution in [0, 0.1) is 0 Å². The van der Waals surface area contributed by atoms with Crippen LogP contribution >= 0.6 is 0 Å². The number of nitrogens with zero attached hydrogens (tertiary/aromatic N) is 2. The molecule has 1 amide bonds. The summed E-state index contributed by atoms with van der Waals surface area (Å²) >= 11 is 0. The van der Waals surface area contributed by atoms with Crippen LogP contribution in [0.3, 0.4) is 0 Å². The van der Waals surface area contributed by atoms with Gasteiger partial charge in [-0.15, -0.1) is 0 Å². The molecule has 0 spiro atoms. The average molecular weight is 339 g/mol. The van der Waals surface area contributed by atoms with Crippen molar-refractivity contribution in [1.82, 2.24) is 4.90 Å². The Kier molecular flexibility index (Phi) is 5.56. The lowest BCUT2D eigenvalue weighted by atomic mass is 10.1. The molecule has 1 fully saturated rings. The number of carbonyl (C=O) groups excluding carboxylic acids is 1. The first-order valence-electron chi connectivity index (χ1n) is 8.69. The number of amides is 1. The quantitative estimate of drug-likeness (QED) is 0.929. The van der Waals surface area contributed by atoms with Crippen LogP contribution < -0.4 is 10.6 Å². The van der Waals surface area contributed by atoms with Crippen molar-refractivity contribution < 1.29 is 9.53 Å². The van der Waals surface area contributed by atoms with E-state index in [0.29, 0.717) is 19.7 Å². The second-order valence-corrected chi connectivity index (χ2v) is 6.39. The zero-order chi connectivity index (χ0) is 17.6. The average Bonchev–Trinajstić information content (AvgIpc) is 2.67. The molecular formula is C20H25N3O2. The molecule has 5 nitrogen and oxygen atoms in total. The molecule has 0 aromatic heterocycles. The van der Waals surface area contributed by atoms with E-state index in [9.17, 15) is 4.79 Å². The summed E-state index contributed by atoms with van der Waals surface area (Å²) in [5.41, 5.74) is 9.20. The summed E-state index contributed by atoms with van der Waals surface area (Å²) in [6.45, 7) is 5.24. The zero-order valence-electron chi connectivity index (χ0n) is 14.6. The predicted octanol–water partition coefficient (Wildman–Crippen LogP) is 3.17. The van der Waals surface area contributed by atoms with Crippen LogP contribution in [0.2, 0.25) is 0 Å². The highest BCUT2D eigenvalue weighted by molar-refractivity contribution is 5.68. The standard InChI is InChI=1S/C20H25N3O2/c1-16(21)18-7-9-19(10-8-18)22-11-13-23(14-12-22)20(24)25-15-17-5-3-2-4-6-17/h2-10,16H,11-15,21H2,1H3/t16-/m0/s1. The second kappa shape index (κ2) is 8.03. The summed E-state index contributed by atoms with van der Waals surface area (Å²) in [5, 5.41) is 0. The monoisotopic (exact) mass is 339 g/mol. The van der Waals surface area contributed by atoms with Crippen LogP contribution in [-0.4, -0.2) is 37.2 Å². The van der Waals surface area contributed by atoms with Crippen molar-refractivity contribution in [2.75, 3.05) is 31.1 Å². The Morgan fingerprint density at radius 3 is 2.28 bits per heavy atom. The van der Waals surface area contributed by atoms with Crippen molar-refractivity contribution >= 4 is 11.8 Å². The zero-order valence-corrected chi connectivity index (χ0v) is 14.6. The molecule has 2 aromatic carbocycles. The van der Waals surface area contributed by atoms with Crippen LogP contribution in [0.4, 0.5) is 10.5 Å². The fourth-order valence-corrected chi connectivity index (χ4v) is 2.95. The Morgan fingerprint density at radius 2 is 1.68 bits per heavy atom. The minimum Gasteiger partial charge on any atom is -0.445 e. The number of nitrogens with two attached hydrogens (primary N) is 1. The third-order valence-electron chi connectivity index (χ3n) is 4.53. The van der Waals surface area contributed by atoms with Gasteiger partial charge in [-0.1, -0.05) is 42.5 Å². The van der Waals surface area contributed by atoms with E-state index in [1.165, 1.54) is 5.69 Å². The van der Waals surface area contributed by atoms with Gasteiger partial charge >= 0.3 is 6.09 Å². The van der Waals surface area contributed by atoms with E-state index < -0.39 is 0 Å². The summed E-state index contributed by atoms with van der Waals surface area (Å²) in [4.78, 5) is 16.3. The van der Waals surface area contributed by atoms with E-state index in [4.69, 9.17) is 10.5 Å². The van der Waals surface area contributed by atoms with Gasteiger partial charge in [0.1, 0.15) is 6.61 Å². The lowest BCUT2D eigenvalue weighted by Crippen LogP contribution is -2.48. The van der Waals surface area contributed by atoms with E-state index in [-0.39, 0.29) is 12.1 Å². The maximum absolute atomic E-state index is 12.2. The van der Waals surface area contributed by atoms with Crippen molar-refractivity contribution in [3.05, 3.63) is 65.7 Å². The molecule has 1 saturated heterocycles.